The third-order valence-corrected chi connectivity index (χ3v) is 2.88. The van der Waals surface area contributed by atoms with Crippen molar-refractivity contribution in [2.45, 2.75) is 6.04 Å². The lowest BCUT2D eigenvalue weighted by Crippen LogP contribution is -2.59. The van der Waals surface area contributed by atoms with Crippen LogP contribution in [0.15, 0.2) is 16.8 Å². The van der Waals surface area contributed by atoms with Gasteiger partial charge in [0.2, 0.25) is 11.7 Å². The minimum atomic E-state index is -0.494. The second kappa shape index (κ2) is 5.18. The highest BCUT2D eigenvalue weighted by atomic mass is 16.5. The maximum Gasteiger partial charge on any atom is 0.293 e. The van der Waals surface area contributed by atoms with Gasteiger partial charge in [-0.1, -0.05) is 5.16 Å². The van der Waals surface area contributed by atoms with E-state index in [4.69, 9.17) is 4.52 Å². The van der Waals surface area contributed by atoms with E-state index in [1.807, 2.05) is 0 Å². The van der Waals surface area contributed by atoms with Crippen molar-refractivity contribution in [2.24, 2.45) is 0 Å². The molecule has 1 aromatic heterocycles. The lowest BCUT2D eigenvalue weighted by Gasteiger charge is -2.35. The number of hydrogen-bond donors (Lipinski definition) is 1. The summed E-state index contributed by atoms with van der Waals surface area (Å²) >= 11 is 0. The SMILES string of the molecule is CN(C)C(=O)C1CNCCN1C(=O)c1ccno1. The molecular weight excluding hydrogens is 236 g/mol. The van der Waals surface area contributed by atoms with Crippen LogP contribution in [0.2, 0.25) is 0 Å². The van der Waals surface area contributed by atoms with E-state index in [1.165, 1.54) is 22.1 Å². The molecule has 1 aliphatic heterocycles. The van der Waals surface area contributed by atoms with Gasteiger partial charge in [0.15, 0.2) is 0 Å². The zero-order chi connectivity index (χ0) is 13.1. The first-order valence-corrected chi connectivity index (χ1v) is 5.75. The number of carbonyl (C=O) groups is 2. The summed E-state index contributed by atoms with van der Waals surface area (Å²) < 4.78 is 4.85. The number of rotatable bonds is 2. The summed E-state index contributed by atoms with van der Waals surface area (Å²) in [7, 11) is 3.35. The van der Waals surface area contributed by atoms with Crippen molar-refractivity contribution in [2.75, 3.05) is 33.7 Å². The number of piperazine rings is 1. The van der Waals surface area contributed by atoms with E-state index in [2.05, 4.69) is 10.5 Å². The van der Waals surface area contributed by atoms with Gasteiger partial charge in [-0.05, 0) is 0 Å². The fourth-order valence-electron chi connectivity index (χ4n) is 1.93. The zero-order valence-corrected chi connectivity index (χ0v) is 10.4. The molecule has 0 spiro atoms. The summed E-state index contributed by atoms with van der Waals surface area (Å²) in [6.07, 6.45) is 1.41. The van der Waals surface area contributed by atoms with Crippen LogP contribution in [0.4, 0.5) is 0 Å². The first-order valence-electron chi connectivity index (χ1n) is 5.75. The zero-order valence-electron chi connectivity index (χ0n) is 10.4. The first-order chi connectivity index (χ1) is 8.61. The van der Waals surface area contributed by atoms with Gasteiger partial charge >= 0.3 is 0 Å². The molecule has 2 heterocycles. The standard InChI is InChI=1S/C11H16N4O3/c1-14(2)10(16)8-7-12-5-6-15(8)11(17)9-3-4-13-18-9/h3-4,8,12H,5-7H2,1-2H3. The van der Waals surface area contributed by atoms with E-state index in [0.717, 1.165) is 0 Å². The van der Waals surface area contributed by atoms with Crippen LogP contribution >= 0.6 is 0 Å². The van der Waals surface area contributed by atoms with Crippen LogP contribution in [0.1, 0.15) is 10.6 Å². The fourth-order valence-corrected chi connectivity index (χ4v) is 1.93. The number of hydrogen-bond acceptors (Lipinski definition) is 5. The van der Waals surface area contributed by atoms with Crippen molar-refractivity contribution in [3.05, 3.63) is 18.0 Å². The molecule has 1 N–H and O–H groups in total. The maximum absolute atomic E-state index is 12.2. The predicted molar refractivity (Wildman–Crippen MR) is 62.9 cm³/mol. The summed E-state index contributed by atoms with van der Waals surface area (Å²) in [5, 5.41) is 6.62. The van der Waals surface area contributed by atoms with Crippen LogP contribution in [0.25, 0.3) is 0 Å². The maximum atomic E-state index is 12.2. The molecule has 1 unspecified atom stereocenters. The molecule has 1 aromatic rings. The van der Waals surface area contributed by atoms with Gasteiger partial charge < -0.3 is 19.6 Å². The molecule has 1 aliphatic rings. The van der Waals surface area contributed by atoms with Crippen molar-refractivity contribution < 1.29 is 14.1 Å². The molecule has 18 heavy (non-hydrogen) atoms. The number of aromatic nitrogens is 1. The Hall–Kier alpha value is -1.89. The molecule has 1 atom stereocenters. The van der Waals surface area contributed by atoms with E-state index in [9.17, 15) is 9.59 Å². The second-order valence-electron chi connectivity index (χ2n) is 4.33. The Morgan fingerprint density at radius 1 is 1.56 bits per heavy atom. The van der Waals surface area contributed by atoms with E-state index in [0.29, 0.717) is 19.6 Å². The van der Waals surface area contributed by atoms with Crippen molar-refractivity contribution in [1.29, 1.82) is 0 Å². The molecule has 0 radical (unpaired) electrons. The topological polar surface area (TPSA) is 78.7 Å². The number of amides is 2. The van der Waals surface area contributed by atoms with E-state index in [-0.39, 0.29) is 17.6 Å². The fraction of sp³-hybridized carbons (Fsp3) is 0.545. The van der Waals surface area contributed by atoms with Crippen LogP contribution in [-0.4, -0.2) is 66.5 Å². The minimum Gasteiger partial charge on any atom is -0.351 e. The monoisotopic (exact) mass is 252 g/mol. The summed E-state index contributed by atoms with van der Waals surface area (Å²) in [4.78, 5) is 27.2. The highest BCUT2D eigenvalue weighted by Gasteiger charge is 2.34. The van der Waals surface area contributed by atoms with Crippen molar-refractivity contribution in [3.8, 4) is 0 Å². The Balaban J connectivity index is 2.18. The van der Waals surface area contributed by atoms with Crippen molar-refractivity contribution >= 4 is 11.8 Å². The number of nitrogens with one attached hydrogen (secondary N) is 1. The summed E-state index contributed by atoms with van der Waals surface area (Å²) in [6.45, 7) is 1.59. The number of likely N-dealkylation sites (N-methyl/N-ethyl adjacent to an activating group) is 1. The molecular formula is C11H16N4O3. The van der Waals surface area contributed by atoms with Gasteiger partial charge in [-0.3, -0.25) is 9.59 Å². The molecule has 1 saturated heterocycles. The Morgan fingerprint density at radius 2 is 2.33 bits per heavy atom. The van der Waals surface area contributed by atoms with Gasteiger partial charge in [0, 0.05) is 39.8 Å². The molecule has 0 aliphatic carbocycles. The molecule has 0 bridgehead atoms. The minimum absolute atomic E-state index is 0.102. The van der Waals surface area contributed by atoms with E-state index < -0.39 is 6.04 Å². The second-order valence-corrected chi connectivity index (χ2v) is 4.33. The highest BCUT2D eigenvalue weighted by Crippen LogP contribution is 2.11. The Labute approximate surface area is 105 Å². The predicted octanol–water partition coefficient (Wildman–Crippen LogP) is -0.823. The Morgan fingerprint density at radius 3 is 2.94 bits per heavy atom. The average molecular weight is 252 g/mol. The van der Waals surface area contributed by atoms with E-state index in [1.54, 1.807) is 14.1 Å². The summed E-state index contributed by atoms with van der Waals surface area (Å²) in [5.41, 5.74) is 0. The Kier molecular flexibility index (Phi) is 3.61. The quantitative estimate of drug-likeness (QED) is 0.743. The smallest absolute Gasteiger partial charge is 0.293 e. The van der Waals surface area contributed by atoms with Gasteiger partial charge in [0.25, 0.3) is 5.91 Å². The molecule has 7 heteroatoms. The van der Waals surface area contributed by atoms with Crippen LogP contribution < -0.4 is 5.32 Å². The molecule has 98 valence electrons. The van der Waals surface area contributed by atoms with Crippen molar-refractivity contribution in [1.82, 2.24) is 20.3 Å². The normalized spacial score (nSPS) is 19.7. The van der Waals surface area contributed by atoms with Gasteiger partial charge in [0.1, 0.15) is 6.04 Å². The summed E-state index contributed by atoms with van der Waals surface area (Å²) in [5.74, 6) is -0.238. The molecule has 7 nitrogen and oxygen atoms in total. The summed E-state index contributed by atoms with van der Waals surface area (Å²) in [6, 6.07) is 1.01. The first kappa shape index (κ1) is 12.6. The highest BCUT2D eigenvalue weighted by molar-refractivity contribution is 5.95. The van der Waals surface area contributed by atoms with Crippen LogP contribution in [0, 0.1) is 0 Å². The third kappa shape index (κ3) is 2.35. The van der Waals surface area contributed by atoms with E-state index >= 15 is 0 Å². The van der Waals surface area contributed by atoms with Gasteiger partial charge in [-0.2, -0.15) is 0 Å². The molecule has 1 fully saturated rings. The average Bonchev–Trinajstić information content (AvgIpc) is 2.90. The molecule has 2 rings (SSSR count). The molecule has 2 amide bonds. The van der Waals surface area contributed by atoms with Crippen LogP contribution in [0.3, 0.4) is 0 Å². The van der Waals surface area contributed by atoms with Gasteiger partial charge in [-0.25, -0.2) is 0 Å². The Bertz CT molecular complexity index is 430. The molecule has 0 saturated carbocycles. The van der Waals surface area contributed by atoms with Gasteiger partial charge in [0.05, 0.1) is 6.20 Å². The van der Waals surface area contributed by atoms with Crippen LogP contribution in [-0.2, 0) is 4.79 Å². The number of nitrogens with zero attached hydrogens (tertiary/aromatic N) is 3. The third-order valence-electron chi connectivity index (χ3n) is 2.88. The van der Waals surface area contributed by atoms with Crippen molar-refractivity contribution in [3.63, 3.8) is 0 Å². The number of carbonyl (C=O) groups excluding carboxylic acids is 2. The molecule has 0 aromatic carbocycles. The largest absolute Gasteiger partial charge is 0.351 e. The lowest BCUT2D eigenvalue weighted by molar-refractivity contribution is -0.134. The van der Waals surface area contributed by atoms with Crippen LogP contribution in [0.5, 0.6) is 0 Å². The van der Waals surface area contributed by atoms with Gasteiger partial charge in [-0.15, -0.1) is 0 Å². The lowest BCUT2D eigenvalue weighted by atomic mass is 10.1.